The highest BCUT2D eigenvalue weighted by Crippen LogP contribution is 2.31. The lowest BCUT2D eigenvalue weighted by molar-refractivity contribution is -0.149. The van der Waals surface area contributed by atoms with Crippen LogP contribution < -0.4 is 0 Å². The quantitative estimate of drug-likeness (QED) is 0.832. The molecule has 0 aliphatic carbocycles. The standard InChI is InChI=1S/C15H20ClNO2/c1-12-8-17(9-13-4-2-3-5-14(13)16)10-15(19-12)6-7-18-11-15/h2-5,12H,6-11H2,1H3/t12-,15+/m0/s1. The van der Waals surface area contributed by atoms with E-state index in [1.54, 1.807) is 0 Å². The lowest BCUT2D eigenvalue weighted by atomic mass is 9.99. The Kier molecular flexibility index (Phi) is 3.81. The fourth-order valence-electron chi connectivity index (χ4n) is 3.13. The number of rotatable bonds is 2. The van der Waals surface area contributed by atoms with E-state index in [4.69, 9.17) is 21.1 Å². The maximum Gasteiger partial charge on any atom is 0.107 e. The third-order valence-corrected chi connectivity index (χ3v) is 4.27. The van der Waals surface area contributed by atoms with Gasteiger partial charge in [-0.15, -0.1) is 0 Å². The lowest BCUT2D eigenvalue weighted by Gasteiger charge is -2.43. The molecule has 0 unspecified atom stereocenters. The second-order valence-corrected chi connectivity index (χ2v) is 6.08. The third-order valence-electron chi connectivity index (χ3n) is 3.90. The summed E-state index contributed by atoms with van der Waals surface area (Å²) in [7, 11) is 0. The van der Waals surface area contributed by atoms with Crippen molar-refractivity contribution in [2.45, 2.75) is 31.6 Å². The maximum absolute atomic E-state index is 6.25. The van der Waals surface area contributed by atoms with Crippen molar-refractivity contribution in [1.29, 1.82) is 0 Å². The summed E-state index contributed by atoms with van der Waals surface area (Å²) in [5, 5.41) is 0.846. The second kappa shape index (κ2) is 5.41. The van der Waals surface area contributed by atoms with Crippen molar-refractivity contribution in [1.82, 2.24) is 4.90 Å². The number of nitrogens with zero attached hydrogens (tertiary/aromatic N) is 1. The van der Waals surface area contributed by atoms with E-state index >= 15 is 0 Å². The van der Waals surface area contributed by atoms with Gasteiger partial charge in [0.15, 0.2) is 0 Å². The normalized spacial score (nSPS) is 32.0. The van der Waals surface area contributed by atoms with Crippen molar-refractivity contribution in [3.8, 4) is 0 Å². The van der Waals surface area contributed by atoms with Crippen LogP contribution >= 0.6 is 11.6 Å². The molecular weight excluding hydrogens is 262 g/mol. The van der Waals surface area contributed by atoms with E-state index in [1.807, 2.05) is 18.2 Å². The summed E-state index contributed by atoms with van der Waals surface area (Å²) < 4.78 is 11.7. The Hall–Kier alpha value is -0.610. The van der Waals surface area contributed by atoms with Crippen molar-refractivity contribution in [2.75, 3.05) is 26.3 Å². The first-order chi connectivity index (χ1) is 9.17. The highest BCUT2D eigenvalue weighted by molar-refractivity contribution is 6.31. The van der Waals surface area contributed by atoms with Crippen molar-refractivity contribution in [2.24, 2.45) is 0 Å². The van der Waals surface area contributed by atoms with Crippen LogP contribution in [0, 0.1) is 0 Å². The molecule has 2 fully saturated rings. The molecule has 0 radical (unpaired) electrons. The monoisotopic (exact) mass is 281 g/mol. The largest absolute Gasteiger partial charge is 0.378 e. The van der Waals surface area contributed by atoms with Crippen LogP contribution in [-0.2, 0) is 16.0 Å². The molecule has 2 atom stereocenters. The first-order valence-corrected chi connectivity index (χ1v) is 7.26. The zero-order chi connectivity index (χ0) is 13.3. The Labute approximate surface area is 119 Å². The molecule has 3 nitrogen and oxygen atoms in total. The molecule has 0 N–H and O–H groups in total. The molecule has 0 saturated carbocycles. The van der Waals surface area contributed by atoms with Crippen LogP contribution in [0.2, 0.25) is 5.02 Å². The Morgan fingerprint density at radius 1 is 1.42 bits per heavy atom. The summed E-state index contributed by atoms with van der Waals surface area (Å²) in [6.07, 6.45) is 1.24. The molecule has 3 rings (SSSR count). The number of hydrogen-bond donors (Lipinski definition) is 0. The Balaban J connectivity index is 1.72. The SMILES string of the molecule is C[C@H]1CN(Cc2ccccc2Cl)C[C@@]2(CCOC2)O1. The van der Waals surface area contributed by atoms with Crippen LogP contribution in [0.5, 0.6) is 0 Å². The Morgan fingerprint density at radius 3 is 3.00 bits per heavy atom. The molecular formula is C15H20ClNO2. The second-order valence-electron chi connectivity index (χ2n) is 5.68. The average Bonchev–Trinajstić information content (AvgIpc) is 2.79. The van der Waals surface area contributed by atoms with Gasteiger partial charge in [-0.25, -0.2) is 0 Å². The first-order valence-electron chi connectivity index (χ1n) is 6.88. The van der Waals surface area contributed by atoms with E-state index in [-0.39, 0.29) is 11.7 Å². The molecule has 4 heteroatoms. The van der Waals surface area contributed by atoms with Gasteiger partial charge in [0.05, 0.1) is 12.7 Å². The molecule has 1 aromatic rings. The van der Waals surface area contributed by atoms with Gasteiger partial charge in [0.1, 0.15) is 5.60 Å². The van der Waals surface area contributed by atoms with Gasteiger partial charge in [-0.1, -0.05) is 29.8 Å². The highest BCUT2D eigenvalue weighted by Gasteiger charge is 2.42. The van der Waals surface area contributed by atoms with E-state index in [1.165, 1.54) is 5.56 Å². The average molecular weight is 282 g/mol. The van der Waals surface area contributed by atoms with E-state index in [0.29, 0.717) is 0 Å². The summed E-state index contributed by atoms with van der Waals surface area (Å²) in [6, 6.07) is 8.06. The van der Waals surface area contributed by atoms with Gasteiger partial charge >= 0.3 is 0 Å². The van der Waals surface area contributed by atoms with Gasteiger partial charge < -0.3 is 9.47 Å². The van der Waals surface area contributed by atoms with Crippen molar-refractivity contribution < 1.29 is 9.47 Å². The fourth-order valence-corrected chi connectivity index (χ4v) is 3.33. The maximum atomic E-state index is 6.25. The van der Waals surface area contributed by atoms with E-state index in [0.717, 1.165) is 44.3 Å². The van der Waals surface area contributed by atoms with Gasteiger partial charge in [-0.05, 0) is 18.6 Å². The smallest absolute Gasteiger partial charge is 0.107 e. The number of hydrogen-bond acceptors (Lipinski definition) is 3. The molecule has 2 heterocycles. The highest BCUT2D eigenvalue weighted by atomic mass is 35.5. The van der Waals surface area contributed by atoms with E-state index in [2.05, 4.69) is 17.9 Å². The van der Waals surface area contributed by atoms with Crippen LogP contribution in [0.15, 0.2) is 24.3 Å². The van der Waals surface area contributed by atoms with E-state index in [9.17, 15) is 0 Å². The van der Waals surface area contributed by atoms with Gasteiger partial charge in [0, 0.05) is 37.7 Å². The fraction of sp³-hybridized carbons (Fsp3) is 0.600. The number of morpholine rings is 1. The Bertz CT molecular complexity index is 446. The molecule has 19 heavy (non-hydrogen) atoms. The van der Waals surface area contributed by atoms with Crippen molar-refractivity contribution in [3.63, 3.8) is 0 Å². The molecule has 1 aromatic carbocycles. The number of ether oxygens (including phenoxy) is 2. The molecule has 0 bridgehead atoms. The minimum Gasteiger partial charge on any atom is -0.378 e. The topological polar surface area (TPSA) is 21.7 Å². The molecule has 0 amide bonds. The third kappa shape index (κ3) is 2.95. The van der Waals surface area contributed by atoms with Gasteiger partial charge in [-0.3, -0.25) is 4.90 Å². The van der Waals surface area contributed by atoms with Crippen LogP contribution in [0.1, 0.15) is 18.9 Å². The Morgan fingerprint density at radius 2 is 2.26 bits per heavy atom. The van der Waals surface area contributed by atoms with Crippen LogP contribution in [0.25, 0.3) is 0 Å². The number of halogens is 1. The van der Waals surface area contributed by atoms with Crippen molar-refractivity contribution >= 4 is 11.6 Å². The van der Waals surface area contributed by atoms with E-state index < -0.39 is 0 Å². The zero-order valence-electron chi connectivity index (χ0n) is 11.3. The van der Waals surface area contributed by atoms with Crippen LogP contribution in [-0.4, -0.2) is 42.9 Å². The molecule has 0 aromatic heterocycles. The minimum atomic E-state index is -0.0983. The predicted octanol–water partition coefficient (Wildman–Crippen LogP) is 2.72. The minimum absolute atomic E-state index is 0.0983. The summed E-state index contributed by atoms with van der Waals surface area (Å²) in [5.41, 5.74) is 1.09. The molecule has 1 spiro atoms. The lowest BCUT2D eigenvalue weighted by Crippen LogP contribution is -2.55. The van der Waals surface area contributed by atoms with Crippen LogP contribution in [0.4, 0.5) is 0 Å². The van der Waals surface area contributed by atoms with Crippen LogP contribution in [0.3, 0.4) is 0 Å². The summed E-state index contributed by atoms with van der Waals surface area (Å²) in [5.74, 6) is 0. The molecule has 2 aliphatic heterocycles. The predicted molar refractivity (Wildman–Crippen MR) is 75.4 cm³/mol. The number of benzene rings is 1. The van der Waals surface area contributed by atoms with Gasteiger partial charge in [-0.2, -0.15) is 0 Å². The molecule has 2 aliphatic rings. The summed E-state index contributed by atoms with van der Waals surface area (Å²) in [6.45, 7) is 6.44. The summed E-state index contributed by atoms with van der Waals surface area (Å²) >= 11 is 6.25. The summed E-state index contributed by atoms with van der Waals surface area (Å²) in [4.78, 5) is 2.43. The van der Waals surface area contributed by atoms with Gasteiger partial charge in [0.25, 0.3) is 0 Å². The van der Waals surface area contributed by atoms with Crippen molar-refractivity contribution in [3.05, 3.63) is 34.9 Å². The zero-order valence-corrected chi connectivity index (χ0v) is 12.0. The van der Waals surface area contributed by atoms with Gasteiger partial charge in [0.2, 0.25) is 0 Å². The molecule has 104 valence electrons. The first kappa shape index (κ1) is 13.4. The molecule has 2 saturated heterocycles.